The highest BCUT2D eigenvalue weighted by Crippen LogP contribution is 1.85. The highest BCUT2D eigenvalue weighted by atomic mass is 19.1. The van der Waals surface area contributed by atoms with E-state index in [-0.39, 0.29) is 0 Å². The summed E-state index contributed by atoms with van der Waals surface area (Å²) in [5.41, 5.74) is 0. The molecule has 0 aromatic rings. The number of hydrogen-bond donors (Lipinski definition) is 0. The molecule has 0 unspecified atom stereocenters. The predicted octanol–water partition coefficient (Wildman–Crippen LogP) is 0.428. The molecule has 41 valence electrons. The van der Waals surface area contributed by atoms with Crippen molar-refractivity contribution in [3.8, 4) is 0 Å². The highest BCUT2D eigenvalue weighted by Gasteiger charge is 1.96. The van der Waals surface area contributed by atoms with E-state index in [0.717, 1.165) is 6.47 Å². The largest absolute Gasteiger partial charge is 0.451 e. The maximum Gasteiger partial charge on any atom is 0.417 e. The Morgan fingerprint density at radius 1 is 2.00 bits per heavy atom. The van der Waals surface area contributed by atoms with E-state index in [1.807, 2.05) is 0 Å². The minimum Gasteiger partial charge on any atom is -0.451 e. The van der Waals surface area contributed by atoms with E-state index in [0.29, 0.717) is 0 Å². The van der Waals surface area contributed by atoms with Gasteiger partial charge in [0.25, 0.3) is 0 Å². The Labute approximate surface area is 41.3 Å². The minimum absolute atomic E-state index is 0.641. The molecule has 0 saturated carbocycles. The smallest absolute Gasteiger partial charge is 0.417 e. The average Bonchev–Trinajstić information content (AvgIpc) is 1.68. The summed E-state index contributed by atoms with van der Waals surface area (Å²) in [4.78, 5) is 9.26. The highest BCUT2D eigenvalue weighted by molar-refractivity contribution is 5.38. The van der Waals surface area contributed by atoms with Crippen molar-refractivity contribution in [2.24, 2.45) is 0 Å². The van der Waals surface area contributed by atoms with Crippen molar-refractivity contribution < 1.29 is 13.9 Å². The lowest BCUT2D eigenvalue weighted by atomic mass is 10.5. The molecule has 3 heteroatoms. The van der Waals surface area contributed by atoms with Gasteiger partial charge in [0.2, 0.25) is 0 Å². The van der Waals surface area contributed by atoms with Crippen molar-refractivity contribution in [2.45, 2.75) is 13.0 Å². The first kappa shape index (κ1) is 6.40. The zero-order valence-corrected chi connectivity index (χ0v) is 3.98. The molecule has 1 atom stereocenters. The van der Waals surface area contributed by atoms with Crippen LogP contribution in [0.3, 0.4) is 0 Å². The van der Waals surface area contributed by atoms with Crippen molar-refractivity contribution in [1.82, 2.24) is 0 Å². The molecule has 0 heterocycles. The van der Waals surface area contributed by atoms with E-state index in [2.05, 4.69) is 4.74 Å². The van der Waals surface area contributed by atoms with Gasteiger partial charge in [-0.1, -0.05) is 0 Å². The van der Waals surface area contributed by atoms with Crippen molar-refractivity contribution in [3.05, 3.63) is 0 Å². The topological polar surface area (TPSA) is 26.3 Å². The molecule has 0 aliphatic rings. The lowest BCUT2D eigenvalue weighted by molar-refractivity contribution is 0.160. The van der Waals surface area contributed by atoms with Crippen LogP contribution in [0, 0.1) is 0 Å². The lowest BCUT2D eigenvalue weighted by Crippen LogP contribution is -2.07. The molecule has 0 aromatic heterocycles. The minimum atomic E-state index is -0.644. The summed E-state index contributed by atoms with van der Waals surface area (Å²) in [6.07, 6.45) is -0.641. The van der Waals surface area contributed by atoms with Crippen LogP contribution < -0.4 is 0 Å². The van der Waals surface area contributed by atoms with Gasteiger partial charge in [-0.2, -0.15) is 0 Å². The molecule has 0 fully saturated rings. The molecular weight excluding hydrogens is 99.0 g/mol. The summed E-state index contributed by atoms with van der Waals surface area (Å²) in [5, 5.41) is 0. The van der Waals surface area contributed by atoms with Crippen LogP contribution >= 0.6 is 0 Å². The van der Waals surface area contributed by atoms with Gasteiger partial charge in [-0.25, -0.2) is 9.18 Å². The Morgan fingerprint density at radius 2 is 2.57 bits per heavy atom. The monoisotopic (exact) mass is 105 g/mol. The zero-order valence-electron chi connectivity index (χ0n) is 3.98. The number of carbonyl (C=O) groups excluding carboxylic acids is 1. The first-order valence-electron chi connectivity index (χ1n) is 1.90. The van der Waals surface area contributed by atoms with E-state index >= 15 is 0 Å². The molecule has 0 aliphatic heterocycles. The number of rotatable bonds is 3. The van der Waals surface area contributed by atoms with Crippen LogP contribution in [0.4, 0.5) is 4.39 Å². The fourth-order valence-corrected chi connectivity index (χ4v) is 0.114. The average molecular weight is 105 g/mol. The van der Waals surface area contributed by atoms with Crippen molar-refractivity contribution >= 4 is 6.47 Å². The summed E-state index contributed by atoms with van der Waals surface area (Å²) in [6, 6.07) is 0. The maximum absolute atomic E-state index is 11.3. The molecule has 7 heavy (non-hydrogen) atoms. The summed E-state index contributed by atoms with van der Waals surface area (Å²) in [7, 11) is 0. The fourth-order valence-electron chi connectivity index (χ4n) is 0.114. The van der Waals surface area contributed by atoms with Gasteiger partial charge in [-0.3, -0.25) is 0 Å². The van der Waals surface area contributed by atoms with E-state index < -0.39 is 12.8 Å². The fraction of sp³-hybridized carbons (Fsp3) is 0.750. The number of ether oxygens (including phenoxy) is 1. The van der Waals surface area contributed by atoms with Crippen LogP contribution in [0.25, 0.3) is 0 Å². The van der Waals surface area contributed by atoms with Gasteiger partial charge in [0.05, 0.1) is 0 Å². The zero-order chi connectivity index (χ0) is 5.70. The number of alkyl halides is 1. The van der Waals surface area contributed by atoms with Crippen molar-refractivity contribution in [1.29, 1.82) is 0 Å². The Kier molecular flexibility index (Phi) is 3.28. The Balaban J connectivity index is 2.98. The third-order valence-corrected chi connectivity index (χ3v) is 0.467. The van der Waals surface area contributed by atoms with E-state index in [1.54, 1.807) is 0 Å². The van der Waals surface area contributed by atoms with Crippen LogP contribution in [0.1, 0.15) is 6.92 Å². The predicted molar refractivity (Wildman–Crippen MR) is 22.2 cm³/mol. The SMILES string of the molecule is C[C@@H](CF)O[C]=O. The lowest BCUT2D eigenvalue weighted by Gasteiger charge is -1.98. The molecular formula is C4H6FO2. The van der Waals surface area contributed by atoms with E-state index in [9.17, 15) is 9.18 Å². The van der Waals surface area contributed by atoms with Gasteiger partial charge in [0.15, 0.2) is 0 Å². The third-order valence-electron chi connectivity index (χ3n) is 0.467. The number of halogens is 1. The molecule has 0 amide bonds. The molecule has 2 nitrogen and oxygen atoms in total. The molecule has 0 N–H and O–H groups in total. The standard InChI is InChI=1S/C4H6FO2/c1-4(2-5)7-3-6/h4H,2H2,1H3/t4-/m0/s1. The molecule has 0 bridgehead atoms. The van der Waals surface area contributed by atoms with Gasteiger partial charge in [-0.05, 0) is 6.92 Å². The molecule has 1 radical (unpaired) electrons. The summed E-state index contributed by atoms with van der Waals surface area (Å²) in [5.74, 6) is 0. The summed E-state index contributed by atoms with van der Waals surface area (Å²) in [6.45, 7) is 1.93. The van der Waals surface area contributed by atoms with Crippen LogP contribution in [-0.2, 0) is 9.53 Å². The second kappa shape index (κ2) is 3.59. The number of hydrogen-bond acceptors (Lipinski definition) is 2. The normalized spacial score (nSPS) is 12.9. The second-order valence-electron chi connectivity index (χ2n) is 1.17. The molecule has 0 rings (SSSR count). The van der Waals surface area contributed by atoms with Crippen LogP contribution in [-0.4, -0.2) is 19.3 Å². The van der Waals surface area contributed by atoms with Gasteiger partial charge in [0.1, 0.15) is 12.8 Å². The van der Waals surface area contributed by atoms with Crippen LogP contribution in [0.5, 0.6) is 0 Å². The van der Waals surface area contributed by atoms with Crippen molar-refractivity contribution in [3.63, 3.8) is 0 Å². The third kappa shape index (κ3) is 3.22. The molecule has 0 spiro atoms. The van der Waals surface area contributed by atoms with Gasteiger partial charge < -0.3 is 4.74 Å². The van der Waals surface area contributed by atoms with E-state index in [1.165, 1.54) is 6.92 Å². The summed E-state index contributed by atoms with van der Waals surface area (Å²) >= 11 is 0. The van der Waals surface area contributed by atoms with Gasteiger partial charge >= 0.3 is 6.47 Å². The second-order valence-corrected chi connectivity index (χ2v) is 1.17. The first-order chi connectivity index (χ1) is 3.31. The molecule has 0 saturated heterocycles. The quantitative estimate of drug-likeness (QED) is 0.520. The van der Waals surface area contributed by atoms with Crippen LogP contribution in [0.2, 0.25) is 0 Å². The molecule has 0 aromatic carbocycles. The first-order valence-corrected chi connectivity index (χ1v) is 1.90. The summed E-state index contributed by atoms with van der Waals surface area (Å²) < 4.78 is 15.3. The maximum atomic E-state index is 11.3. The Morgan fingerprint density at radius 3 is 2.71 bits per heavy atom. The Bertz CT molecular complexity index is 55.7. The van der Waals surface area contributed by atoms with Gasteiger partial charge in [-0.15, -0.1) is 0 Å². The van der Waals surface area contributed by atoms with Crippen molar-refractivity contribution in [2.75, 3.05) is 6.67 Å². The molecule has 0 aliphatic carbocycles. The van der Waals surface area contributed by atoms with Crippen LogP contribution in [0.15, 0.2) is 0 Å². The van der Waals surface area contributed by atoms with Gasteiger partial charge in [0, 0.05) is 0 Å². The van der Waals surface area contributed by atoms with E-state index in [4.69, 9.17) is 0 Å². The Hall–Kier alpha value is -0.600.